The Hall–Kier alpha value is -1.24. The summed E-state index contributed by atoms with van der Waals surface area (Å²) in [5.41, 5.74) is 0.529. The largest absolute Gasteiger partial charge is 0.470 e. The Labute approximate surface area is 97.6 Å². The summed E-state index contributed by atoms with van der Waals surface area (Å²) >= 11 is 3.23. The minimum atomic E-state index is -4.55. The molecule has 86 valence electrons. The van der Waals surface area contributed by atoms with E-state index in [0.29, 0.717) is 10.2 Å². The molecule has 0 atom stereocenters. The molecule has 2 rings (SSSR count). The van der Waals surface area contributed by atoms with Crippen molar-refractivity contribution in [2.45, 2.75) is 6.18 Å². The number of hydrogen-bond acceptors (Lipinski definition) is 3. The van der Waals surface area contributed by atoms with Gasteiger partial charge in [-0.05, 0) is 28.1 Å². The maximum Gasteiger partial charge on any atom is 0.470 e. The van der Waals surface area contributed by atoms with E-state index in [1.54, 1.807) is 24.3 Å². The molecule has 1 aliphatic heterocycles. The summed E-state index contributed by atoms with van der Waals surface area (Å²) in [5.74, 6) is -1.22. The molecule has 0 aromatic heterocycles. The molecule has 0 saturated heterocycles. The van der Waals surface area contributed by atoms with Crippen LogP contribution < -0.4 is 5.01 Å². The predicted octanol–water partition coefficient (Wildman–Crippen LogP) is 3.12. The fourth-order valence-electron chi connectivity index (χ4n) is 1.21. The van der Waals surface area contributed by atoms with Crippen LogP contribution in [0.2, 0.25) is 0 Å². The van der Waals surface area contributed by atoms with Crippen molar-refractivity contribution < 1.29 is 17.9 Å². The highest BCUT2D eigenvalue weighted by atomic mass is 79.9. The van der Waals surface area contributed by atoms with Crippen molar-refractivity contribution in [3.63, 3.8) is 0 Å². The number of rotatable bonds is 1. The SMILES string of the molecule is FC(F)(F)C1=NN(c2ccccc2Br)CO1. The number of alkyl halides is 3. The summed E-state index contributed by atoms with van der Waals surface area (Å²) in [6, 6.07) is 6.84. The third kappa shape index (κ3) is 2.13. The standard InChI is InChI=1S/C9H6BrF3N2O/c10-6-3-1-2-4-7(6)15-5-16-8(14-15)9(11,12)13/h1-4H,5H2. The molecule has 0 spiro atoms. The summed E-state index contributed by atoms with van der Waals surface area (Å²) in [6.45, 7) is -0.239. The minimum Gasteiger partial charge on any atom is -0.450 e. The van der Waals surface area contributed by atoms with Crippen LogP contribution in [0.1, 0.15) is 0 Å². The lowest BCUT2D eigenvalue weighted by Crippen LogP contribution is -2.22. The van der Waals surface area contributed by atoms with Crippen LogP contribution in [0, 0.1) is 0 Å². The summed E-state index contributed by atoms with van der Waals surface area (Å²) in [4.78, 5) is 0. The van der Waals surface area contributed by atoms with Crippen molar-refractivity contribution in [2.75, 3.05) is 11.7 Å². The Balaban J connectivity index is 2.27. The van der Waals surface area contributed by atoms with Crippen LogP contribution in [-0.4, -0.2) is 18.8 Å². The monoisotopic (exact) mass is 294 g/mol. The first-order valence-corrected chi connectivity index (χ1v) is 5.08. The molecule has 3 nitrogen and oxygen atoms in total. The zero-order valence-electron chi connectivity index (χ0n) is 7.83. The molecule has 0 radical (unpaired) electrons. The van der Waals surface area contributed by atoms with Gasteiger partial charge in [-0.25, -0.2) is 5.01 Å². The van der Waals surface area contributed by atoms with Gasteiger partial charge in [-0.15, -0.1) is 5.10 Å². The van der Waals surface area contributed by atoms with Gasteiger partial charge in [0.05, 0.1) is 5.69 Å². The second kappa shape index (κ2) is 3.97. The van der Waals surface area contributed by atoms with E-state index in [1.807, 2.05) is 0 Å². The average molecular weight is 295 g/mol. The highest BCUT2D eigenvalue weighted by Gasteiger charge is 2.42. The lowest BCUT2D eigenvalue weighted by atomic mass is 10.3. The van der Waals surface area contributed by atoms with E-state index >= 15 is 0 Å². The molecule has 0 N–H and O–H groups in total. The summed E-state index contributed by atoms with van der Waals surface area (Å²) in [5, 5.41) is 4.51. The van der Waals surface area contributed by atoms with Crippen molar-refractivity contribution in [3.05, 3.63) is 28.7 Å². The Kier molecular flexibility index (Phi) is 2.79. The molecule has 7 heteroatoms. The highest BCUT2D eigenvalue weighted by Crippen LogP contribution is 2.30. The molecule has 0 aliphatic carbocycles. The molecule has 0 bridgehead atoms. The van der Waals surface area contributed by atoms with Gasteiger partial charge >= 0.3 is 12.1 Å². The lowest BCUT2D eigenvalue weighted by Gasteiger charge is -2.12. The number of nitrogens with zero attached hydrogens (tertiary/aromatic N) is 2. The van der Waals surface area contributed by atoms with Crippen LogP contribution in [0.3, 0.4) is 0 Å². The van der Waals surface area contributed by atoms with Gasteiger partial charge in [0.1, 0.15) is 0 Å². The van der Waals surface area contributed by atoms with E-state index in [0.717, 1.165) is 5.01 Å². The molecular weight excluding hydrogens is 289 g/mol. The number of halogens is 4. The fourth-order valence-corrected chi connectivity index (χ4v) is 1.70. The molecule has 0 amide bonds. The van der Waals surface area contributed by atoms with Crippen LogP contribution in [0.15, 0.2) is 33.8 Å². The van der Waals surface area contributed by atoms with Gasteiger partial charge in [0.2, 0.25) is 0 Å². The first-order valence-electron chi connectivity index (χ1n) is 4.29. The molecule has 0 fully saturated rings. The Morgan fingerprint density at radius 3 is 2.56 bits per heavy atom. The van der Waals surface area contributed by atoms with Gasteiger partial charge in [0.15, 0.2) is 6.73 Å². The van der Waals surface area contributed by atoms with E-state index in [4.69, 9.17) is 0 Å². The lowest BCUT2D eigenvalue weighted by molar-refractivity contribution is -0.0752. The highest BCUT2D eigenvalue weighted by molar-refractivity contribution is 9.10. The van der Waals surface area contributed by atoms with E-state index < -0.39 is 12.1 Å². The Morgan fingerprint density at radius 2 is 2.00 bits per heavy atom. The molecule has 1 aliphatic rings. The Bertz CT molecular complexity index is 433. The van der Waals surface area contributed by atoms with Crippen LogP contribution in [0.5, 0.6) is 0 Å². The molecular formula is C9H6BrF3N2O. The van der Waals surface area contributed by atoms with Gasteiger partial charge in [0.25, 0.3) is 0 Å². The fraction of sp³-hybridized carbons (Fsp3) is 0.222. The van der Waals surface area contributed by atoms with Crippen LogP contribution in [0.25, 0.3) is 0 Å². The van der Waals surface area contributed by atoms with Crippen molar-refractivity contribution in [2.24, 2.45) is 5.10 Å². The van der Waals surface area contributed by atoms with Gasteiger partial charge in [-0.1, -0.05) is 12.1 Å². The second-order valence-electron chi connectivity index (χ2n) is 3.03. The molecule has 0 unspecified atom stereocenters. The van der Waals surface area contributed by atoms with E-state index in [2.05, 4.69) is 25.8 Å². The van der Waals surface area contributed by atoms with Crippen molar-refractivity contribution >= 4 is 27.5 Å². The van der Waals surface area contributed by atoms with Crippen molar-refractivity contribution in [1.29, 1.82) is 0 Å². The molecule has 1 aromatic rings. The minimum absolute atomic E-state index is 0.239. The first-order chi connectivity index (χ1) is 7.48. The summed E-state index contributed by atoms with van der Waals surface area (Å²) in [7, 11) is 0. The number of hydrogen-bond donors (Lipinski definition) is 0. The third-order valence-electron chi connectivity index (χ3n) is 1.91. The van der Waals surface area contributed by atoms with Gasteiger partial charge in [0, 0.05) is 4.47 Å². The van der Waals surface area contributed by atoms with Crippen LogP contribution in [0.4, 0.5) is 18.9 Å². The topological polar surface area (TPSA) is 24.8 Å². The normalized spacial score (nSPS) is 16.0. The Morgan fingerprint density at radius 1 is 1.31 bits per heavy atom. The number of para-hydroxylation sites is 1. The molecule has 1 aromatic carbocycles. The maximum atomic E-state index is 12.3. The van der Waals surface area contributed by atoms with Crippen molar-refractivity contribution in [3.8, 4) is 0 Å². The third-order valence-corrected chi connectivity index (χ3v) is 2.58. The van der Waals surface area contributed by atoms with Gasteiger partial charge < -0.3 is 4.74 Å². The van der Waals surface area contributed by atoms with Gasteiger partial charge in [-0.2, -0.15) is 13.2 Å². The van der Waals surface area contributed by atoms with Crippen LogP contribution >= 0.6 is 15.9 Å². The molecule has 0 saturated carbocycles. The number of ether oxygens (including phenoxy) is 1. The van der Waals surface area contributed by atoms with E-state index in [9.17, 15) is 13.2 Å². The van der Waals surface area contributed by atoms with Crippen molar-refractivity contribution in [1.82, 2.24) is 0 Å². The molecule has 16 heavy (non-hydrogen) atoms. The van der Waals surface area contributed by atoms with E-state index in [1.165, 1.54) is 0 Å². The molecule has 1 heterocycles. The number of hydrazone groups is 1. The summed E-state index contributed by atoms with van der Waals surface area (Å²) in [6.07, 6.45) is -4.55. The number of benzene rings is 1. The zero-order chi connectivity index (χ0) is 11.8. The maximum absolute atomic E-state index is 12.3. The first kappa shape index (κ1) is 11.3. The number of anilines is 1. The van der Waals surface area contributed by atoms with E-state index in [-0.39, 0.29) is 6.73 Å². The quantitative estimate of drug-likeness (QED) is 0.795. The second-order valence-corrected chi connectivity index (χ2v) is 3.88. The zero-order valence-corrected chi connectivity index (χ0v) is 9.42. The average Bonchev–Trinajstić information content (AvgIpc) is 2.66. The smallest absolute Gasteiger partial charge is 0.450 e. The predicted molar refractivity (Wildman–Crippen MR) is 56.1 cm³/mol. The van der Waals surface area contributed by atoms with Gasteiger partial charge in [-0.3, -0.25) is 0 Å². The van der Waals surface area contributed by atoms with Crippen LogP contribution in [-0.2, 0) is 4.74 Å². The summed E-state index contributed by atoms with van der Waals surface area (Å²) < 4.78 is 41.9.